The number of benzene rings is 1. The van der Waals surface area contributed by atoms with Crippen LogP contribution >= 0.6 is 0 Å². The van der Waals surface area contributed by atoms with Crippen LogP contribution < -0.4 is 4.72 Å². The molecule has 1 N–H and O–H groups in total. The van der Waals surface area contributed by atoms with Crippen LogP contribution in [0.15, 0.2) is 41.4 Å². The molecule has 6 nitrogen and oxygen atoms in total. The second kappa shape index (κ2) is 5.69. The number of rotatable bonds is 5. The van der Waals surface area contributed by atoms with Crippen molar-refractivity contribution in [3.8, 4) is 0 Å². The first-order valence-corrected chi connectivity index (χ1v) is 7.97. The molecule has 0 unspecified atom stereocenters. The molecule has 1 aromatic heterocycles. The Morgan fingerprint density at radius 3 is 2.33 bits per heavy atom. The van der Waals surface area contributed by atoms with Crippen molar-refractivity contribution in [2.75, 3.05) is 4.72 Å². The second-order valence-corrected chi connectivity index (χ2v) is 6.62. The minimum absolute atomic E-state index is 0.0396. The molecule has 0 radical (unpaired) electrons. The van der Waals surface area contributed by atoms with Gasteiger partial charge in [0.05, 0.1) is 11.1 Å². The Balaban J connectivity index is 2.30. The van der Waals surface area contributed by atoms with Crippen LogP contribution in [0.5, 0.6) is 0 Å². The van der Waals surface area contributed by atoms with Crippen molar-refractivity contribution >= 4 is 21.6 Å². The highest BCUT2D eigenvalue weighted by atomic mass is 32.2. The third kappa shape index (κ3) is 3.30. The SMILES string of the molecule is CC(=O)c1ccc(S(=O)(=O)Nc2ccnn2C(C)C)cc1. The zero-order valence-electron chi connectivity index (χ0n) is 12.1. The van der Waals surface area contributed by atoms with Crippen LogP contribution in [0.2, 0.25) is 0 Å². The van der Waals surface area contributed by atoms with E-state index in [1.807, 2.05) is 13.8 Å². The van der Waals surface area contributed by atoms with Crippen molar-refractivity contribution in [3.63, 3.8) is 0 Å². The van der Waals surface area contributed by atoms with Gasteiger partial charge in [-0.25, -0.2) is 13.1 Å². The maximum atomic E-state index is 12.3. The standard InChI is InChI=1S/C14H17N3O3S/c1-10(2)17-14(8-9-15-17)16-21(19,20)13-6-4-12(5-7-13)11(3)18/h4-10,16H,1-3H3. The molecule has 0 aliphatic carbocycles. The number of ketones is 1. The summed E-state index contributed by atoms with van der Waals surface area (Å²) in [5, 5.41) is 4.08. The second-order valence-electron chi connectivity index (χ2n) is 4.94. The van der Waals surface area contributed by atoms with Crippen LogP contribution in [0.4, 0.5) is 5.82 Å². The molecule has 0 fully saturated rings. The Morgan fingerprint density at radius 1 is 1.19 bits per heavy atom. The van der Waals surface area contributed by atoms with Crippen molar-refractivity contribution in [1.82, 2.24) is 9.78 Å². The van der Waals surface area contributed by atoms with E-state index in [0.717, 1.165) is 0 Å². The van der Waals surface area contributed by atoms with Crippen LogP contribution in [0, 0.1) is 0 Å². The Kier molecular flexibility index (Phi) is 4.13. The molecule has 1 aromatic carbocycles. The molecule has 7 heteroatoms. The molecule has 0 aliphatic rings. The predicted molar refractivity (Wildman–Crippen MR) is 79.9 cm³/mol. The summed E-state index contributed by atoms with van der Waals surface area (Å²) < 4.78 is 28.7. The van der Waals surface area contributed by atoms with E-state index in [2.05, 4.69) is 9.82 Å². The van der Waals surface area contributed by atoms with Gasteiger partial charge in [-0.05, 0) is 32.9 Å². The van der Waals surface area contributed by atoms with Crippen LogP contribution in [0.1, 0.15) is 37.2 Å². The normalized spacial score (nSPS) is 11.6. The number of aromatic nitrogens is 2. The van der Waals surface area contributed by atoms with E-state index in [-0.39, 0.29) is 16.7 Å². The van der Waals surface area contributed by atoms with Gasteiger partial charge in [0.25, 0.3) is 10.0 Å². The Bertz CT molecular complexity index is 746. The number of Topliss-reactive ketones (excluding diaryl/α,β-unsaturated/α-hetero) is 1. The maximum absolute atomic E-state index is 12.3. The lowest BCUT2D eigenvalue weighted by atomic mass is 10.2. The van der Waals surface area contributed by atoms with Gasteiger partial charge in [-0.3, -0.25) is 9.52 Å². The summed E-state index contributed by atoms with van der Waals surface area (Å²) in [4.78, 5) is 11.3. The highest BCUT2D eigenvalue weighted by molar-refractivity contribution is 7.92. The molecule has 1 heterocycles. The molecule has 0 saturated heterocycles. The molecule has 0 atom stereocenters. The zero-order valence-corrected chi connectivity index (χ0v) is 12.9. The first-order valence-electron chi connectivity index (χ1n) is 6.48. The lowest BCUT2D eigenvalue weighted by molar-refractivity contribution is 0.101. The van der Waals surface area contributed by atoms with Crippen LogP contribution in [0.25, 0.3) is 0 Å². The summed E-state index contributed by atoms with van der Waals surface area (Å²) in [6.45, 7) is 5.25. The molecule has 2 aromatic rings. The average Bonchev–Trinajstić information content (AvgIpc) is 2.86. The molecular formula is C14H17N3O3S. The van der Waals surface area contributed by atoms with Gasteiger partial charge >= 0.3 is 0 Å². The van der Waals surface area contributed by atoms with E-state index in [1.165, 1.54) is 37.4 Å². The number of hydrogen-bond donors (Lipinski definition) is 1. The largest absolute Gasteiger partial charge is 0.295 e. The number of sulfonamides is 1. The summed E-state index contributed by atoms with van der Waals surface area (Å²) in [6.07, 6.45) is 1.54. The average molecular weight is 307 g/mol. The summed E-state index contributed by atoms with van der Waals surface area (Å²) in [5.41, 5.74) is 0.473. The molecule has 0 amide bonds. The van der Waals surface area contributed by atoms with Gasteiger partial charge < -0.3 is 0 Å². The van der Waals surface area contributed by atoms with Gasteiger partial charge in [0.2, 0.25) is 0 Å². The Morgan fingerprint density at radius 2 is 1.81 bits per heavy atom. The quantitative estimate of drug-likeness (QED) is 0.860. The molecule has 2 rings (SSSR count). The van der Waals surface area contributed by atoms with E-state index in [0.29, 0.717) is 11.4 Å². The fraction of sp³-hybridized carbons (Fsp3) is 0.286. The molecule has 0 bridgehead atoms. The van der Waals surface area contributed by atoms with Crippen LogP contribution in [-0.2, 0) is 10.0 Å². The van der Waals surface area contributed by atoms with E-state index < -0.39 is 10.0 Å². The van der Waals surface area contributed by atoms with Crippen LogP contribution in [-0.4, -0.2) is 24.0 Å². The van der Waals surface area contributed by atoms with E-state index >= 15 is 0 Å². The number of carbonyl (C=O) groups is 1. The fourth-order valence-corrected chi connectivity index (χ4v) is 2.92. The van der Waals surface area contributed by atoms with Gasteiger partial charge in [0.15, 0.2) is 5.78 Å². The summed E-state index contributed by atoms with van der Waals surface area (Å²) in [7, 11) is -3.70. The first-order chi connectivity index (χ1) is 9.81. The van der Waals surface area contributed by atoms with E-state index in [9.17, 15) is 13.2 Å². The molecular weight excluding hydrogens is 290 g/mol. The van der Waals surface area contributed by atoms with Gasteiger partial charge in [0, 0.05) is 17.7 Å². The molecule has 112 valence electrons. The van der Waals surface area contributed by atoms with Gasteiger partial charge in [-0.15, -0.1) is 0 Å². The molecule has 0 aliphatic heterocycles. The monoisotopic (exact) mass is 307 g/mol. The van der Waals surface area contributed by atoms with Gasteiger partial charge in [-0.1, -0.05) is 12.1 Å². The molecule has 0 saturated carbocycles. The number of hydrogen-bond acceptors (Lipinski definition) is 4. The lowest BCUT2D eigenvalue weighted by Crippen LogP contribution is -2.17. The van der Waals surface area contributed by atoms with Gasteiger partial charge in [-0.2, -0.15) is 5.10 Å². The van der Waals surface area contributed by atoms with Crippen LogP contribution in [0.3, 0.4) is 0 Å². The van der Waals surface area contributed by atoms with Crippen molar-refractivity contribution in [2.24, 2.45) is 0 Å². The van der Waals surface area contributed by atoms with E-state index in [4.69, 9.17) is 0 Å². The van der Waals surface area contributed by atoms with E-state index in [1.54, 1.807) is 10.7 Å². The summed E-state index contributed by atoms with van der Waals surface area (Å²) >= 11 is 0. The molecule has 0 spiro atoms. The number of anilines is 1. The summed E-state index contributed by atoms with van der Waals surface area (Å²) in [6, 6.07) is 7.46. The van der Waals surface area contributed by atoms with Gasteiger partial charge in [0.1, 0.15) is 5.82 Å². The topological polar surface area (TPSA) is 81.1 Å². The van der Waals surface area contributed by atoms with Crippen molar-refractivity contribution in [3.05, 3.63) is 42.1 Å². The highest BCUT2D eigenvalue weighted by Gasteiger charge is 2.17. The predicted octanol–water partition coefficient (Wildman–Crippen LogP) is 2.47. The number of nitrogens with zero attached hydrogens (tertiary/aromatic N) is 2. The Labute approximate surface area is 123 Å². The minimum Gasteiger partial charge on any atom is -0.295 e. The number of carbonyl (C=O) groups excluding carboxylic acids is 1. The van der Waals surface area contributed by atoms with Crippen molar-refractivity contribution in [2.45, 2.75) is 31.7 Å². The third-order valence-corrected chi connectivity index (χ3v) is 4.34. The minimum atomic E-state index is -3.70. The molecule has 21 heavy (non-hydrogen) atoms. The van der Waals surface area contributed by atoms with Crippen molar-refractivity contribution < 1.29 is 13.2 Å². The Hall–Kier alpha value is -2.15. The highest BCUT2D eigenvalue weighted by Crippen LogP contribution is 2.19. The number of nitrogens with one attached hydrogen (secondary N) is 1. The zero-order chi connectivity index (χ0) is 15.6. The summed E-state index contributed by atoms with van der Waals surface area (Å²) in [5.74, 6) is 0.297. The maximum Gasteiger partial charge on any atom is 0.263 e. The lowest BCUT2D eigenvalue weighted by Gasteiger charge is -2.13. The van der Waals surface area contributed by atoms with Crippen molar-refractivity contribution in [1.29, 1.82) is 0 Å². The smallest absolute Gasteiger partial charge is 0.263 e. The third-order valence-electron chi connectivity index (χ3n) is 2.97. The first kappa shape index (κ1) is 15.2. The fourth-order valence-electron chi connectivity index (χ4n) is 1.87.